The molecule has 3 nitrogen and oxygen atoms in total. The molecule has 0 aliphatic heterocycles. The van der Waals surface area contributed by atoms with Crippen molar-refractivity contribution in [3.63, 3.8) is 0 Å². The molecule has 0 fully saturated rings. The summed E-state index contributed by atoms with van der Waals surface area (Å²) in [5, 5.41) is 5.57. The van der Waals surface area contributed by atoms with E-state index in [-0.39, 0.29) is 0 Å². The fourth-order valence-corrected chi connectivity index (χ4v) is 3.02. The first-order valence-electron chi connectivity index (χ1n) is 6.52. The molecule has 0 amide bonds. The van der Waals surface area contributed by atoms with Crippen molar-refractivity contribution in [1.82, 2.24) is 14.8 Å². The third kappa shape index (κ3) is 2.21. The van der Waals surface area contributed by atoms with Crippen LogP contribution in [0, 0.1) is 13.8 Å². The van der Waals surface area contributed by atoms with Crippen molar-refractivity contribution in [2.24, 2.45) is 0 Å². The van der Waals surface area contributed by atoms with E-state index in [2.05, 4.69) is 10.1 Å². The van der Waals surface area contributed by atoms with Gasteiger partial charge in [0.25, 0.3) is 0 Å². The van der Waals surface area contributed by atoms with E-state index in [0.717, 1.165) is 22.5 Å². The largest absolute Gasteiger partial charge is 0.247 e. The van der Waals surface area contributed by atoms with Crippen molar-refractivity contribution in [3.05, 3.63) is 38.8 Å². The first-order chi connectivity index (χ1) is 9.47. The number of hydrogen-bond donors (Lipinski definition) is 0. The Morgan fingerprint density at radius 3 is 2.85 bits per heavy atom. The van der Waals surface area contributed by atoms with Crippen molar-refractivity contribution in [1.29, 1.82) is 0 Å². The van der Waals surface area contributed by atoms with E-state index in [1.54, 1.807) is 4.68 Å². The Morgan fingerprint density at radius 2 is 2.10 bits per heavy atom. The van der Waals surface area contributed by atoms with E-state index in [1.807, 2.05) is 19.9 Å². The van der Waals surface area contributed by atoms with Gasteiger partial charge in [-0.05, 0) is 38.3 Å². The number of aromatic nitrogens is 3. The monoisotopic (exact) mass is 313 g/mol. The predicted molar refractivity (Wildman–Crippen MR) is 77.8 cm³/mol. The molecule has 1 aliphatic rings. The van der Waals surface area contributed by atoms with Crippen LogP contribution in [0.5, 0.6) is 0 Å². The van der Waals surface area contributed by atoms with Crippen LogP contribution in [0.1, 0.15) is 28.9 Å². The molecule has 0 N–H and O–H groups in total. The minimum atomic E-state index is -0.835. The number of halogens is 3. The number of aryl methyl sites for hydroxylation is 3. The lowest BCUT2D eigenvalue weighted by molar-refractivity contribution is 0.300. The zero-order valence-electron chi connectivity index (χ0n) is 11.3. The molecule has 3 rings (SSSR count). The van der Waals surface area contributed by atoms with Crippen molar-refractivity contribution < 1.29 is 4.39 Å². The summed E-state index contributed by atoms with van der Waals surface area (Å²) in [6.07, 6.45) is 0.625. The van der Waals surface area contributed by atoms with E-state index in [4.69, 9.17) is 23.2 Å². The average Bonchev–Trinajstić information content (AvgIpc) is 2.71. The lowest BCUT2D eigenvalue weighted by atomic mass is 9.97. The van der Waals surface area contributed by atoms with E-state index in [1.165, 1.54) is 0 Å². The molecule has 20 heavy (non-hydrogen) atoms. The quantitative estimate of drug-likeness (QED) is 0.796. The van der Waals surface area contributed by atoms with Gasteiger partial charge in [-0.15, -0.1) is 0 Å². The Kier molecular flexibility index (Phi) is 3.46. The fourth-order valence-electron chi connectivity index (χ4n) is 2.51. The first kappa shape index (κ1) is 13.8. The highest BCUT2D eigenvalue weighted by atomic mass is 35.5. The normalized spacial score (nSPS) is 18.1. The van der Waals surface area contributed by atoms with Crippen LogP contribution in [0.2, 0.25) is 10.2 Å². The van der Waals surface area contributed by atoms with E-state index in [0.29, 0.717) is 35.3 Å². The van der Waals surface area contributed by atoms with Gasteiger partial charge in [0.05, 0.1) is 16.4 Å². The highest BCUT2D eigenvalue weighted by Crippen LogP contribution is 2.31. The van der Waals surface area contributed by atoms with Crippen LogP contribution in [0.25, 0.3) is 5.82 Å². The second-order valence-electron chi connectivity index (χ2n) is 5.16. The zero-order valence-corrected chi connectivity index (χ0v) is 12.8. The summed E-state index contributed by atoms with van der Waals surface area (Å²) >= 11 is 12.4. The van der Waals surface area contributed by atoms with Crippen LogP contribution in [-0.4, -0.2) is 20.9 Å². The molecule has 0 radical (unpaired) electrons. The molecule has 2 aromatic heterocycles. The molecule has 0 bridgehead atoms. The summed E-state index contributed by atoms with van der Waals surface area (Å²) in [6, 6.07) is 1.84. The highest BCUT2D eigenvalue weighted by Gasteiger charge is 2.26. The summed E-state index contributed by atoms with van der Waals surface area (Å²) in [4.78, 5) is 4.46. The number of pyridine rings is 1. The molecule has 0 aromatic carbocycles. The molecule has 2 heterocycles. The van der Waals surface area contributed by atoms with E-state index in [9.17, 15) is 4.39 Å². The number of hydrogen-bond acceptors (Lipinski definition) is 2. The SMILES string of the molecule is Cc1cc(Cl)c(C)nc1-n1nc2c(c1Cl)CC(F)CC2. The number of nitrogens with zero attached hydrogens (tertiary/aromatic N) is 3. The van der Waals surface area contributed by atoms with Crippen LogP contribution in [0.4, 0.5) is 4.39 Å². The topological polar surface area (TPSA) is 30.7 Å². The molecule has 6 heteroatoms. The number of alkyl halides is 1. The van der Waals surface area contributed by atoms with Gasteiger partial charge in [0.15, 0.2) is 5.82 Å². The Hall–Kier alpha value is -1.13. The summed E-state index contributed by atoms with van der Waals surface area (Å²) in [5.74, 6) is 0.654. The van der Waals surface area contributed by atoms with Crippen molar-refractivity contribution >= 4 is 23.2 Å². The summed E-state index contributed by atoms with van der Waals surface area (Å²) in [6.45, 7) is 3.74. The highest BCUT2D eigenvalue weighted by molar-refractivity contribution is 6.31. The molecule has 2 aromatic rings. The second kappa shape index (κ2) is 5.01. The predicted octanol–water partition coefficient (Wildman–Crippen LogP) is 4.02. The maximum absolute atomic E-state index is 13.5. The molecule has 0 saturated heterocycles. The standard InChI is InChI=1S/C14H14Cl2FN3/c1-7-5-11(15)8(2)18-14(7)20-13(16)10-6-9(17)3-4-12(10)19-20/h5,9H,3-4,6H2,1-2H3. The smallest absolute Gasteiger partial charge is 0.158 e. The first-order valence-corrected chi connectivity index (χ1v) is 7.27. The summed E-state index contributed by atoms with van der Waals surface area (Å²) in [5.41, 5.74) is 3.29. The molecule has 1 unspecified atom stereocenters. The molecule has 1 atom stereocenters. The van der Waals surface area contributed by atoms with Crippen LogP contribution in [0.3, 0.4) is 0 Å². The second-order valence-corrected chi connectivity index (χ2v) is 5.93. The van der Waals surface area contributed by atoms with Crippen molar-refractivity contribution in [3.8, 4) is 5.82 Å². The van der Waals surface area contributed by atoms with Crippen molar-refractivity contribution in [2.75, 3.05) is 0 Å². The van der Waals surface area contributed by atoms with Gasteiger partial charge in [-0.2, -0.15) is 5.10 Å². The molecular formula is C14H14Cl2FN3. The third-order valence-corrected chi connectivity index (χ3v) is 4.41. The van der Waals surface area contributed by atoms with Gasteiger partial charge >= 0.3 is 0 Å². The number of fused-ring (bicyclic) bond motifs is 1. The molecule has 0 saturated carbocycles. The third-order valence-electron chi connectivity index (χ3n) is 3.64. The van der Waals surface area contributed by atoms with Gasteiger partial charge in [-0.25, -0.2) is 14.1 Å². The van der Waals surface area contributed by atoms with E-state index < -0.39 is 6.17 Å². The lowest BCUT2D eigenvalue weighted by Gasteiger charge is -2.13. The maximum atomic E-state index is 13.5. The van der Waals surface area contributed by atoms with Gasteiger partial charge in [-0.1, -0.05) is 23.2 Å². The molecule has 1 aliphatic carbocycles. The van der Waals surface area contributed by atoms with Gasteiger partial charge in [-0.3, -0.25) is 0 Å². The molecule has 0 spiro atoms. The van der Waals surface area contributed by atoms with Gasteiger partial charge in [0.1, 0.15) is 11.3 Å². The van der Waals surface area contributed by atoms with Crippen molar-refractivity contribution in [2.45, 2.75) is 39.3 Å². The van der Waals surface area contributed by atoms with Crippen LogP contribution in [0.15, 0.2) is 6.07 Å². The zero-order chi connectivity index (χ0) is 14.4. The maximum Gasteiger partial charge on any atom is 0.158 e. The lowest BCUT2D eigenvalue weighted by Crippen LogP contribution is -2.13. The number of rotatable bonds is 1. The van der Waals surface area contributed by atoms with Crippen LogP contribution in [-0.2, 0) is 12.8 Å². The average molecular weight is 314 g/mol. The summed E-state index contributed by atoms with van der Waals surface area (Å²) in [7, 11) is 0. The minimum absolute atomic E-state index is 0.333. The van der Waals surface area contributed by atoms with Gasteiger partial charge in [0, 0.05) is 12.0 Å². The summed E-state index contributed by atoms with van der Waals surface area (Å²) < 4.78 is 15.1. The van der Waals surface area contributed by atoms with Crippen LogP contribution < -0.4 is 0 Å². The Bertz CT molecular complexity index is 682. The fraction of sp³-hybridized carbons (Fsp3) is 0.429. The van der Waals surface area contributed by atoms with E-state index >= 15 is 0 Å². The molecule has 106 valence electrons. The minimum Gasteiger partial charge on any atom is -0.247 e. The Balaban J connectivity index is 2.14. The molecular weight excluding hydrogens is 300 g/mol. The van der Waals surface area contributed by atoms with Crippen LogP contribution >= 0.6 is 23.2 Å². The Labute approximate surface area is 126 Å². The van der Waals surface area contributed by atoms with Gasteiger partial charge < -0.3 is 0 Å². The van der Waals surface area contributed by atoms with Gasteiger partial charge in [0.2, 0.25) is 0 Å². The Morgan fingerprint density at radius 1 is 1.35 bits per heavy atom.